The van der Waals surface area contributed by atoms with Crippen LogP contribution in [-0.4, -0.2) is 56.4 Å². The number of carbonyl (C=O) groups is 3. The lowest BCUT2D eigenvalue weighted by molar-refractivity contribution is -0.384. The largest absolute Gasteiger partial charge is 0.461 e. The Morgan fingerprint density at radius 2 is 1.86 bits per heavy atom. The zero-order valence-electron chi connectivity index (χ0n) is 19.3. The average Bonchev–Trinajstić information content (AvgIpc) is 2.90. The van der Waals surface area contributed by atoms with E-state index in [1.54, 1.807) is 30.3 Å². The number of esters is 2. The summed E-state index contributed by atoms with van der Waals surface area (Å²) in [5, 5.41) is 9.25. The topological polar surface area (TPSA) is 128 Å². The van der Waals surface area contributed by atoms with Crippen molar-refractivity contribution in [1.29, 1.82) is 0 Å². The number of carbonyl (C=O) groups excluding carboxylic acids is 3. The van der Waals surface area contributed by atoms with Crippen LogP contribution in [0, 0.1) is 10.1 Å². The van der Waals surface area contributed by atoms with Crippen LogP contribution in [0.25, 0.3) is 0 Å². The minimum atomic E-state index is -2.79. The molecular weight excluding hydrogens is 529 g/mol. The highest BCUT2D eigenvalue weighted by Gasteiger charge is 2.67. The Bertz CT molecular complexity index is 1320. The number of fused-ring (bicyclic) bond motifs is 1. The van der Waals surface area contributed by atoms with E-state index in [0.29, 0.717) is 5.56 Å². The molecule has 0 bridgehead atoms. The number of nitro benzene ring substituents is 1. The lowest BCUT2D eigenvalue weighted by Crippen LogP contribution is -2.71. The van der Waals surface area contributed by atoms with E-state index in [2.05, 4.69) is 4.99 Å². The molecule has 2 aromatic rings. The van der Waals surface area contributed by atoms with Crippen LogP contribution in [0.1, 0.15) is 18.1 Å². The number of hydrogen-bond donors (Lipinski definition) is 0. The van der Waals surface area contributed by atoms with Crippen molar-refractivity contribution in [2.45, 2.75) is 24.7 Å². The minimum Gasteiger partial charge on any atom is -0.461 e. The van der Waals surface area contributed by atoms with Crippen LogP contribution in [0.4, 0.5) is 10.1 Å². The first kappa shape index (κ1) is 26.3. The van der Waals surface area contributed by atoms with E-state index in [1.165, 1.54) is 31.2 Å². The van der Waals surface area contributed by atoms with Gasteiger partial charge < -0.3 is 9.47 Å². The van der Waals surface area contributed by atoms with Gasteiger partial charge in [0.1, 0.15) is 29.5 Å². The lowest BCUT2D eigenvalue weighted by Gasteiger charge is -2.51. The monoisotopic (exact) mass is 547 g/mol. The van der Waals surface area contributed by atoms with Gasteiger partial charge in [0.25, 0.3) is 11.6 Å². The third kappa shape index (κ3) is 5.35. The highest BCUT2D eigenvalue weighted by molar-refractivity contribution is 8.00. The molecule has 0 spiro atoms. The Morgan fingerprint density at radius 3 is 2.49 bits per heavy atom. The van der Waals surface area contributed by atoms with Crippen molar-refractivity contribution in [3.8, 4) is 0 Å². The van der Waals surface area contributed by atoms with Crippen LogP contribution in [0.2, 0.25) is 0 Å². The van der Waals surface area contributed by atoms with Crippen molar-refractivity contribution in [3.05, 3.63) is 87.1 Å². The van der Waals surface area contributed by atoms with Crippen LogP contribution in [-0.2, 0) is 30.5 Å². The number of amides is 1. The number of non-ortho nitro benzene ring substituents is 1. The molecule has 13 heteroatoms. The van der Waals surface area contributed by atoms with E-state index in [4.69, 9.17) is 21.1 Å². The molecule has 1 saturated heterocycles. The summed E-state index contributed by atoms with van der Waals surface area (Å²) in [4.78, 5) is 52.4. The number of rotatable bonds is 8. The molecule has 0 N–H and O–H groups in total. The Kier molecular flexibility index (Phi) is 7.60. The summed E-state index contributed by atoms with van der Waals surface area (Å²) in [5.74, 6) is -5.34. The fourth-order valence-electron chi connectivity index (χ4n) is 3.67. The number of halogens is 2. The van der Waals surface area contributed by atoms with E-state index in [-0.39, 0.29) is 46.7 Å². The number of alkyl halides is 1. The van der Waals surface area contributed by atoms with Gasteiger partial charge in [0.05, 0.1) is 4.92 Å². The van der Waals surface area contributed by atoms with Crippen LogP contribution in [0.3, 0.4) is 0 Å². The molecule has 37 heavy (non-hydrogen) atoms. The average molecular weight is 548 g/mol. The molecule has 2 aliphatic heterocycles. The molecule has 0 aliphatic carbocycles. The van der Waals surface area contributed by atoms with E-state index in [9.17, 15) is 24.5 Å². The van der Waals surface area contributed by atoms with Crippen LogP contribution in [0.15, 0.2) is 70.9 Å². The van der Waals surface area contributed by atoms with Crippen LogP contribution in [0.5, 0.6) is 0 Å². The van der Waals surface area contributed by atoms with Crippen LogP contribution < -0.4 is 0 Å². The van der Waals surface area contributed by atoms with Crippen molar-refractivity contribution in [2.75, 3.05) is 12.4 Å². The van der Waals surface area contributed by atoms with Crippen molar-refractivity contribution < 1.29 is 33.2 Å². The molecule has 10 nitrogen and oxygen atoms in total. The van der Waals surface area contributed by atoms with Gasteiger partial charge in [0, 0.05) is 35.9 Å². The maximum atomic E-state index is 15.9. The van der Waals surface area contributed by atoms with E-state index in [0.717, 1.165) is 16.7 Å². The third-order valence-corrected chi connectivity index (χ3v) is 7.16. The quantitative estimate of drug-likeness (QED) is 0.122. The maximum absolute atomic E-state index is 15.9. The molecule has 2 heterocycles. The zero-order valence-corrected chi connectivity index (χ0v) is 20.8. The molecule has 0 aromatic heterocycles. The number of nitro groups is 1. The summed E-state index contributed by atoms with van der Waals surface area (Å²) in [6.45, 7) is 0.832. The highest BCUT2D eigenvalue weighted by Crippen LogP contribution is 2.49. The maximum Gasteiger partial charge on any atom is 0.355 e. The predicted molar refractivity (Wildman–Crippen MR) is 132 cm³/mol. The molecule has 1 fully saturated rings. The zero-order chi connectivity index (χ0) is 26.7. The Hall–Kier alpha value is -3.77. The molecule has 1 amide bonds. The van der Waals surface area contributed by atoms with Crippen LogP contribution >= 0.6 is 23.4 Å². The molecule has 4 rings (SSSR count). The van der Waals surface area contributed by atoms with Gasteiger partial charge in [-0.15, -0.1) is 11.8 Å². The fourth-order valence-corrected chi connectivity index (χ4v) is 5.22. The second-order valence-corrected chi connectivity index (χ2v) is 9.44. The van der Waals surface area contributed by atoms with Gasteiger partial charge in [0.2, 0.25) is 0 Å². The fraction of sp³-hybridized carbons (Fsp3) is 0.250. The molecule has 0 radical (unpaired) electrons. The number of thioether (sulfide) groups is 1. The summed E-state index contributed by atoms with van der Waals surface area (Å²) in [6, 6.07) is 13.7. The van der Waals surface area contributed by atoms with Gasteiger partial charge in [-0.1, -0.05) is 41.9 Å². The van der Waals surface area contributed by atoms with E-state index in [1.807, 2.05) is 0 Å². The first-order valence-electron chi connectivity index (χ1n) is 10.8. The Labute approximate surface area is 219 Å². The second kappa shape index (κ2) is 10.7. The van der Waals surface area contributed by atoms with E-state index >= 15 is 4.39 Å². The Morgan fingerprint density at radius 1 is 1.19 bits per heavy atom. The molecule has 192 valence electrons. The molecule has 2 aliphatic rings. The third-order valence-electron chi connectivity index (χ3n) is 5.50. The lowest BCUT2D eigenvalue weighted by atomic mass is 10.0. The SMILES string of the molecule is CC(=O)OCC1=C(C(=O)OCc2ccccc2)N2C(=O)[C@@](F)(N=C(Cl)c3ccc([N+](=O)[O-])cc3)[C@H]2SC1. The van der Waals surface area contributed by atoms with Crippen molar-refractivity contribution in [1.82, 2.24) is 4.90 Å². The summed E-state index contributed by atoms with van der Waals surface area (Å²) in [5.41, 5.74) is 0.760. The van der Waals surface area contributed by atoms with Crippen molar-refractivity contribution in [3.63, 3.8) is 0 Å². The number of β-lactam (4-membered cyclic amide) rings is 1. The summed E-state index contributed by atoms with van der Waals surface area (Å²) >= 11 is 7.14. The number of nitrogens with zero attached hydrogens (tertiary/aromatic N) is 3. The van der Waals surface area contributed by atoms with Gasteiger partial charge in [-0.05, 0) is 17.7 Å². The number of ether oxygens (including phenoxy) is 2. The second-order valence-electron chi connectivity index (χ2n) is 8.01. The normalized spacial score (nSPS) is 21.2. The van der Waals surface area contributed by atoms with Crippen molar-refractivity contribution >= 4 is 52.1 Å². The Balaban J connectivity index is 1.59. The molecule has 2 atom stereocenters. The van der Waals surface area contributed by atoms with Gasteiger partial charge in [-0.2, -0.15) is 0 Å². The first-order chi connectivity index (χ1) is 17.6. The number of benzene rings is 2. The highest BCUT2D eigenvalue weighted by atomic mass is 35.5. The molecular formula is C24H19ClFN3O7S. The van der Waals surface area contributed by atoms with Gasteiger partial charge in [-0.25, -0.2) is 14.2 Å². The van der Waals surface area contributed by atoms with Gasteiger partial charge >= 0.3 is 17.7 Å². The first-order valence-corrected chi connectivity index (χ1v) is 12.2. The summed E-state index contributed by atoms with van der Waals surface area (Å²) in [7, 11) is 0. The van der Waals surface area contributed by atoms with Crippen molar-refractivity contribution in [2.24, 2.45) is 4.99 Å². The molecule has 0 unspecified atom stereocenters. The standard InChI is InChI=1S/C24H19ClFN3O7S/c1-14(30)35-12-17-13-37-23-24(26,27-20(25)16-7-9-18(10-8-16)29(33)34)22(32)28(23)19(17)21(31)36-11-15-5-3-2-4-6-15/h2-10,23H,11-13H2,1H3/t23-,24-/m1/s1. The van der Waals surface area contributed by atoms with E-state index < -0.39 is 33.9 Å². The predicted octanol–water partition coefficient (Wildman–Crippen LogP) is 3.72. The molecule has 2 aromatic carbocycles. The molecule has 0 saturated carbocycles. The number of hydrogen-bond acceptors (Lipinski definition) is 9. The summed E-state index contributed by atoms with van der Waals surface area (Å²) < 4.78 is 26.3. The van der Waals surface area contributed by atoms with Gasteiger partial charge in [-0.3, -0.25) is 24.6 Å². The minimum absolute atomic E-state index is 0.0633. The number of aliphatic imine (C=N–C) groups is 1. The smallest absolute Gasteiger partial charge is 0.355 e. The van der Waals surface area contributed by atoms with Gasteiger partial charge in [0.15, 0.2) is 0 Å². The summed E-state index contributed by atoms with van der Waals surface area (Å²) in [6.07, 6.45) is 0.